The maximum atomic E-state index is 10.3. The van der Waals surface area contributed by atoms with E-state index in [0.717, 1.165) is 0 Å². The van der Waals surface area contributed by atoms with E-state index in [1.807, 2.05) is 0 Å². The molecule has 0 radical (unpaired) electrons. The number of hydrogen-bond acceptors (Lipinski definition) is 12. The molecular weight excluding hydrogens is 480 g/mol. The molecule has 4 atom stereocenters. The lowest BCUT2D eigenvalue weighted by atomic mass is 10.0. The van der Waals surface area contributed by atoms with Crippen LogP contribution in [0.4, 0.5) is 0 Å². The zero-order chi connectivity index (χ0) is 26.7. The maximum Gasteiger partial charge on any atom is 0.111 e. The fourth-order valence-corrected chi connectivity index (χ4v) is 2.62. The fourth-order valence-electron chi connectivity index (χ4n) is 2.62. The van der Waals surface area contributed by atoms with Crippen molar-refractivity contribution < 1.29 is 58.3 Å². The Hall–Kier alpha value is -1.36. The van der Waals surface area contributed by atoms with Crippen molar-refractivity contribution in [3.05, 3.63) is 0 Å². The van der Waals surface area contributed by atoms with Crippen LogP contribution in [0.2, 0.25) is 0 Å². The van der Waals surface area contributed by atoms with Gasteiger partial charge in [-0.3, -0.25) is 0 Å². The van der Waals surface area contributed by atoms with Gasteiger partial charge in [0.05, 0.1) is 92.5 Å². The summed E-state index contributed by atoms with van der Waals surface area (Å²) in [6.07, 6.45) is 4.93. The number of rotatable bonds is 27. The number of hydrogen-bond donors (Lipinski definition) is 4. The van der Waals surface area contributed by atoms with Crippen molar-refractivity contribution in [1.82, 2.24) is 0 Å². The third kappa shape index (κ3) is 19.8. The summed E-state index contributed by atoms with van der Waals surface area (Å²) >= 11 is 0. The summed E-state index contributed by atoms with van der Waals surface area (Å²) in [7, 11) is 0. The van der Waals surface area contributed by atoms with Gasteiger partial charge in [-0.25, -0.2) is 0 Å². The Bertz CT molecular complexity index is 502. The molecule has 0 aliphatic rings. The predicted octanol–water partition coefficient (Wildman–Crippen LogP) is -2.17. The minimum absolute atomic E-state index is 0.0663. The van der Waals surface area contributed by atoms with Crippen LogP contribution in [0.25, 0.3) is 0 Å². The number of aliphatic hydroxyl groups excluding tert-OH is 4. The topological polar surface area (TPSA) is 155 Å². The zero-order valence-electron chi connectivity index (χ0n) is 20.8. The molecule has 0 fully saturated rings. The van der Waals surface area contributed by atoms with Crippen molar-refractivity contribution >= 4 is 0 Å². The average molecular weight is 523 g/mol. The Labute approximate surface area is 213 Å². The number of aliphatic hydroxyl groups is 4. The van der Waals surface area contributed by atoms with E-state index < -0.39 is 37.6 Å². The molecule has 0 aliphatic carbocycles. The van der Waals surface area contributed by atoms with E-state index >= 15 is 0 Å². The van der Waals surface area contributed by atoms with E-state index in [9.17, 15) is 20.4 Å². The molecule has 0 aliphatic heterocycles. The van der Waals surface area contributed by atoms with Crippen molar-refractivity contribution in [1.29, 1.82) is 0 Å². The molecule has 0 rings (SSSR count). The van der Waals surface area contributed by atoms with E-state index in [1.165, 1.54) is 0 Å². The Kier molecular flexibility index (Phi) is 25.7. The molecule has 0 aromatic rings. The van der Waals surface area contributed by atoms with Crippen LogP contribution in [0.15, 0.2) is 0 Å². The standard InChI is InChI=1S/C24H42O12/c1-3-5-29-7-9-31-11-13-33-15-17-35-21(19-25)23(27)24(28)22(20-26)36-18-16-34-14-12-32-10-8-30-6-4-2/h1-2,21-28H,5-20H2/t21-,22-,23-,24-/m0/s1. The van der Waals surface area contributed by atoms with Gasteiger partial charge in [-0.1, -0.05) is 11.8 Å². The summed E-state index contributed by atoms with van der Waals surface area (Å²) in [6.45, 7) is 2.86. The van der Waals surface area contributed by atoms with Gasteiger partial charge in [-0.05, 0) is 0 Å². The van der Waals surface area contributed by atoms with E-state index in [4.69, 9.17) is 50.7 Å². The molecule has 4 N–H and O–H groups in total. The normalized spacial score (nSPS) is 14.6. The highest BCUT2D eigenvalue weighted by atomic mass is 16.6. The monoisotopic (exact) mass is 522 g/mol. The number of ether oxygens (including phenoxy) is 8. The Morgan fingerprint density at radius 1 is 0.472 bits per heavy atom. The van der Waals surface area contributed by atoms with Crippen LogP contribution in [-0.4, -0.2) is 151 Å². The molecule has 0 amide bonds. The second-order valence-electron chi connectivity index (χ2n) is 7.13. The van der Waals surface area contributed by atoms with Crippen LogP contribution in [0.3, 0.4) is 0 Å². The molecule has 0 unspecified atom stereocenters. The predicted molar refractivity (Wildman–Crippen MR) is 128 cm³/mol. The third-order valence-electron chi connectivity index (χ3n) is 4.45. The van der Waals surface area contributed by atoms with Gasteiger partial charge < -0.3 is 58.3 Å². The highest BCUT2D eigenvalue weighted by Gasteiger charge is 2.33. The molecule has 210 valence electrons. The largest absolute Gasteiger partial charge is 0.394 e. The molecule has 0 heterocycles. The van der Waals surface area contributed by atoms with Gasteiger partial charge in [0.2, 0.25) is 0 Å². The summed E-state index contributed by atoms with van der Waals surface area (Å²) in [6, 6.07) is 0. The first-order valence-corrected chi connectivity index (χ1v) is 11.8. The van der Waals surface area contributed by atoms with Crippen LogP contribution in [0.5, 0.6) is 0 Å². The molecule has 0 aromatic carbocycles. The minimum Gasteiger partial charge on any atom is -0.394 e. The van der Waals surface area contributed by atoms with Crippen molar-refractivity contribution in [2.24, 2.45) is 0 Å². The summed E-state index contributed by atoms with van der Waals surface area (Å²) in [5.41, 5.74) is 0. The van der Waals surface area contributed by atoms with Crippen molar-refractivity contribution in [2.45, 2.75) is 24.4 Å². The highest BCUT2D eigenvalue weighted by molar-refractivity contribution is 4.83. The van der Waals surface area contributed by atoms with Gasteiger partial charge >= 0.3 is 0 Å². The molecule has 0 saturated heterocycles. The van der Waals surface area contributed by atoms with Crippen LogP contribution in [0.1, 0.15) is 0 Å². The minimum atomic E-state index is -1.50. The Morgan fingerprint density at radius 2 is 0.750 bits per heavy atom. The average Bonchev–Trinajstić information content (AvgIpc) is 2.89. The smallest absolute Gasteiger partial charge is 0.111 e. The fraction of sp³-hybridized carbons (Fsp3) is 0.833. The second kappa shape index (κ2) is 26.7. The van der Waals surface area contributed by atoms with Crippen LogP contribution in [0, 0.1) is 24.7 Å². The van der Waals surface area contributed by atoms with E-state index in [2.05, 4.69) is 11.8 Å². The molecule has 12 nitrogen and oxygen atoms in total. The molecule has 0 spiro atoms. The first-order valence-electron chi connectivity index (χ1n) is 11.8. The van der Waals surface area contributed by atoms with E-state index in [1.54, 1.807) is 0 Å². The first-order chi connectivity index (χ1) is 17.6. The van der Waals surface area contributed by atoms with Crippen LogP contribution in [-0.2, 0) is 37.9 Å². The highest BCUT2D eigenvalue weighted by Crippen LogP contribution is 2.11. The molecule has 0 bridgehead atoms. The lowest BCUT2D eigenvalue weighted by molar-refractivity contribution is -0.160. The van der Waals surface area contributed by atoms with Crippen molar-refractivity contribution in [3.63, 3.8) is 0 Å². The quantitative estimate of drug-likeness (QED) is 0.0685. The second-order valence-corrected chi connectivity index (χ2v) is 7.13. The van der Waals surface area contributed by atoms with E-state index in [-0.39, 0.29) is 39.6 Å². The summed E-state index contributed by atoms with van der Waals surface area (Å²) in [4.78, 5) is 0. The molecule has 36 heavy (non-hydrogen) atoms. The lowest BCUT2D eigenvalue weighted by Crippen LogP contribution is -2.49. The molecule has 0 saturated carbocycles. The summed E-state index contributed by atoms with van der Waals surface area (Å²) < 4.78 is 42.1. The lowest BCUT2D eigenvalue weighted by Gasteiger charge is -2.30. The van der Waals surface area contributed by atoms with Crippen molar-refractivity contribution in [2.75, 3.05) is 106 Å². The van der Waals surface area contributed by atoms with Gasteiger partial charge in [0, 0.05) is 0 Å². The Morgan fingerprint density at radius 3 is 1.03 bits per heavy atom. The molecule has 0 aromatic heterocycles. The van der Waals surface area contributed by atoms with Gasteiger partial charge in [0.15, 0.2) is 0 Å². The van der Waals surface area contributed by atoms with Crippen LogP contribution >= 0.6 is 0 Å². The summed E-state index contributed by atoms with van der Waals surface area (Å²) in [5.74, 6) is 4.71. The zero-order valence-corrected chi connectivity index (χ0v) is 20.8. The van der Waals surface area contributed by atoms with Crippen LogP contribution < -0.4 is 0 Å². The van der Waals surface area contributed by atoms with E-state index in [0.29, 0.717) is 52.9 Å². The summed E-state index contributed by atoms with van der Waals surface area (Å²) in [5, 5.41) is 39.7. The van der Waals surface area contributed by atoms with Crippen molar-refractivity contribution in [3.8, 4) is 24.7 Å². The molecule has 12 heteroatoms. The van der Waals surface area contributed by atoms with Gasteiger partial charge in [0.1, 0.15) is 37.6 Å². The third-order valence-corrected chi connectivity index (χ3v) is 4.45. The number of terminal acetylenes is 2. The maximum absolute atomic E-state index is 10.3. The van der Waals surface area contributed by atoms with Gasteiger partial charge in [0.25, 0.3) is 0 Å². The molecular formula is C24H42O12. The van der Waals surface area contributed by atoms with Gasteiger partial charge in [-0.15, -0.1) is 12.8 Å². The SMILES string of the molecule is C#CCOCCOCCOCCO[C@@H](CO)[C@H](O)[C@@H](O)[C@H](CO)OCCOCCOCCOCC#C. The van der Waals surface area contributed by atoms with Gasteiger partial charge in [-0.2, -0.15) is 0 Å². The Balaban J connectivity index is 3.91. The first kappa shape index (κ1) is 34.6.